The average Bonchev–Trinajstić information content (AvgIpc) is 2.75. The first-order chi connectivity index (χ1) is 6.45. The van der Waals surface area contributed by atoms with Crippen molar-refractivity contribution in [2.75, 3.05) is 12.3 Å². The minimum Gasteiger partial charge on any atom is -0.468 e. The average molecular weight is 197 g/mol. The highest BCUT2D eigenvalue weighted by atomic mass is 32.2. The van der Waals surface area contributed by atoms with Gasteiger partial charge in [-0.3, -0.25) is 0 Å². The number of thioether (sulfide) groups is 1. The van der Waals surface area contributed by atoms with Crippen LogP contribution in [0.15, 0.2) is 22.8 Å². The molecule has 0 spiro atoms. The van der Waals surface area contributed by atoms with Gasteiger partial charge in [-0.2, -0.15) is 11.8 Å². The smallest absolute Gasteiger partial charge is 0.113 e. The Morgan fingerprint density at radius 3 is 3.31 bits per heavy atom. The highest BCUT2D eigenvalue weighted by Gasteiger charge is 2.13. The van der Waals surface area contributed by atoms with Crippen LogP contribution in [-0.2, 0) is 5.75 Å². The van der Waals surface area contributed by atoms with E-state index in [4.69, 9.17) is 4.42 Å². The van der Waals surface area contributed by atoms with E-state index in [9.17, 15) is 0 Å². The van der Waals surface area contributed by atoms with Crippen molar-refractivity contribution in [2.24, 2.45) is 0 Å². The number of rotatable bonds is 4. The van der Waals surface area contributed by atoms with E-state index < -0.39 is 0 Å². The normalized spacial score (nSPS) is 22.3. The molecule has 2 rings (SSSR count). The first kappa shape index (κ1) is 9.16. The fraction of sp³-hybridized carbons (Fsp3) is 0.600. The summed E-state index contributed by atoms with van der Waals surface area (Å²) < 4.78 is 5.26. The summed E-state index contributed by atoms with van der Waals surface area (Å²) in [5.41, 5.74) is 0. The van der Waals surface area contributed by atoms with Gasteiger partial charge in [-0.1, -0.05) is 0 Å². The molecule has 1 unspecified atom stereocenters. The molecule has 1 fully saturated rings. The molecule has 1 N–H and O–H groups in total. The number of nitrogens with one attached hydrogen (secondary N) is 1. The van der Waals surface area contributed by atoms with E-state index in [1.165, 1.54) is 25.1 Å². The molecule has 1 saturated heterocycles. The molecule has 0 aromatic carbocycles. The third-order valence-electron chi connectivity index (χ3n) is 2.31. The highest BCUT2D eigenvalue weighted by molar-refractivity contribution is 7.98. The number of hydrogen-bond donors (Lipinski definition) is 1. The van der Waals surface area contributed by atoms with Crippen LogP contribution < -0.4 is 5.32 Å². The summed E-state index contributed by atoms with van der Waals surface area (Å²) in [5.74, 6) is 3.30. The zero-order valence-electron chi connectivity index (χ0n) is 7.66. The van der Waals surface area contributed by atoms with Crippen LogP contribution in [0, 0.1) is 0 Å². The van der Waals surface area contributed by atoms with Crippen molar-refractivity contribution in [2.45, 2.75) is 24.6 Å². The molecule has 1 aliphatic rings. The Morgan fingerprint density at radius 1 is 1.62 bits per heavy atom. The standard InChI is InChI=1S/C10H15NOS/c1-3-9(11-5-1)7-13-8-10-4-2-6-12-10/h2,4,6,9,11H,1,3,5,7-8H2. The topological polar surface area (TPSA) is 25.2 Å². The maximum atomic E-state index is 5.26. The Bertz CT molecular complexity index is 229. The summed E-state index contributed by atoms with van der Waals surface area (Å²) in [6.45, 7) is 1.20. The van der Waals surface area contributed by atoms with Gasteiger partial charge in [-0.25, -0.2) is 0 Å². The van der Waals surface area contributed by atoms with Crippen LogP contribution in [0.1, 0.15) is 18.6 Å². The van der Waals surface area contributed by atoms with Crippen LogP contribution in [0.2, 0.25) is 0 Å². The molecule has 0 radical (unpaired) electrons. The van der Waals surface area contributed by atoms with E-state index >= 15 is 0 Å². The molecule has 1 aromatic heterocycles. The van der Waals surface area contributed by atoms with Crippen molar-refractivity contribution < 1.29 is 4.42 Å². The maximum absolute atomic E-state index is 5.26. The van der Waals surface area contributed by atoms with Gasteiger partial charge in [0.25, 0.3) is 0 Å². The van der Waals surface area contributed by atoms with Gasteiger partial charge in [-0.05, 0) is 31.5 Å². The van der Waals surface area contributed by atoms with Crippen LogP contribution in [0.25, 0.3) is 0 Å². The highest BCUT2D eigenvalue weighted by Crippen LogP contribution is 2.16. The molecular weight excluding hydrogens is 182 g/mol. The largest absolute Gasteiger partial charge is 0.468 e. The van der Waals surface area contributed by atoms with Crippen molar-refractivity contribution >= 4 is 11.8 Å². The maximum Gasteiger partial charge on any atom is 0.113 e. The first-order valence-electron chi connectivity index (χ1n) is 4.78. The molecule has 0 aliphatic carbocycles. The molecule has 0 bridgehead atoms. The Labute approximate surface area is 83.1 Å². The first-order valence-corrected chi connectivity index (χ1v) is 5.94. The van der Waals surface area contributed by atoms with Crippen molar-refractivity contribution in [1.82, 2.24) is 5.32 Å². The molecule has 2 heterocycles. The third kappa shape index (κ3) is 2.78. The van der Waals surface area contributed by atoms with Gasteiger partial charge in [0.15, 0.2) is 0 Å². The molecule has 2 nitrogen and oxygen atoms in total. The molecule has 1 atom stereocenters. The van der Waals surface area contributed by atoms with Crippen LogP contribution in [0.3, 0.4) is 0 Å². The number of hydrogen-bond acceptors (Lipinski definition) is 3. The van der Waals surface area contributed by atoms with Crippen molar-refractivity contribution in [1.29, 1.82) is 0 Å². The summed E-state index contributed by atoms with van der Waals surface area (Å²) >= 11 is 1.95. The monoisotopic (exact) mass is 197 g/mol. The summed E-state index contributed by atoms with van der Waals surface area (Å²) in [6.07, 6.45) is 4.42. The second-order valence-corrected chi connectivity index (χ2v) is 4.42. The van der Waals surface area contributed by atoms with Gasteiger partial charge >= 0.3 is 0 Å². The van der Waals surface area contributed by atoms with Gasteiger partial charge in [0.05, 0.1) is 12.0 Å². The van der Waals surface area contributed by atoms with E-state index in [-0.39, 0.29) is 0 Å². The lowest BCUT2D eigenvalue weighted by Crippen LogP contribution is -2.23. The zero-order valence-corrected chi connectivity index (χ0v) is 8.48. The summed E-state index contributed by atoms with van der Waals surface area (Å²) in [5, 5.41) is 3.49. The van der Waals surface area contributed by atoms with Crippen LogP contribution >= 0.6 is 11.8 Å². The minimum absolute atomic E-state index is 0.736. The Morgan fingerprint density at radius 2 is 2.62 bits per heavy atom. The zero-order chi connectivity index (χ0) is 8.93. The number of furan rings is 1. The van der Waals surface area contributed by atoms with E-state index in [1.54, 1.807) is 6.26 Å². The quantitative estimate of drug-likeness (QED) is 0.801. The third-order valence-corrected chi connectivity index (χ3v) is 3.43. The molecule has 0 saturated carbocycles. The van der Waals surface area contributed by atoms with Crippen LogP contribution in [-0.4, -0.2) is 18.3 Å². The fourth-order valence-electron chi connectivity index (χ4n) is 1.60. The molecule has 1 aromatic rings. The van der Waals surface area contributed by atoms with Gasteiger partial charge in [0.2, 0.25) is 0 Å². The molecule has 13 heavy (non-hydrogen) atoms. The van der Waals surface area contributed by atoms with Crippen LogP contribution in [0.4, 0.5) is 0 Å². The Kier molecular flexibility index (Phi) is 3.33. The molecule has 1 aliphatic heterocycles. The lowest BCUT2D eigenvalue weighted by molar-refractivity contribution is 0.530. The second kappa shape index (κ2) is 4.72. The lowest BCUT2D eigenvalue weighted by atomic mass is 10.3. The predicted molar refractivity (Wildman–Crippen MR) is 55.9 cm³/mol. The van der Waals surface area contributed by atoms with Gasteiger partial charge in [0, 0.05) is 11.8 Å². The Hall–Kier alpha value is -0.410. The summed E-state index contributed by atoms with van der Waals surface area (Å²) in [6, 6.07) is 4.72. The van der Waals surface area contributed by atoms with Gasteiger partial charge in [-0.15, -0.1) is 0 Å². The molecule has 72 valence electrons. The minimum atomic E-state index is 0.736. The molecular formula is C10H15NOS. The van der Waals surface area contributed by atoms with Crippen LogP contribution in [0.5, 0.6) is 0 Å². The van der Waals surface area contributed by atoms with E-state index in [0.717, 1.165) is 17.6 Å². The lowest BCUT2D eigenvalue weighted by Gasteiger charge is -2.07. The second-order valence-electron chi connectivity index (χ2n) is 3.39. The van der Waals surface area contributed by atoms with Crippen molar-refractivity contribution in [3.05, 3.63) is 24.2 Å². The molecule has 0 amide bonds. The molecule has 3 heteroatoms. The summed E-state index contributed by atoms with van der Waals surface area (Å²) in [7, 11) is 0. The van der Waals surface area contributed by atoms with Gasteiger partial charge < -0.3 is 9.73 Å². The fourth-order valence-corrected chi connectivity index (χ4v) is 2.65. The summed E-state index contributed by atoms with van der Waals surface area (Å²) in [4.78, 5) is 0. The SMILES string of the molecule is c1coc(CSCC2CCCN2)c1. The van der Waals surface area contributed by atoms with Crippen molar-refractivity contribution in [3.8, 4) is 0 Å². The van der Waals surface area contributed by atoms with E-state index in [2.05, 4.69) is 5.32 Å². The van der Waals surface area contributed by atoms with E-state index in [0.29, 0.717) is 0 Å². The predicted octanol–water partition coefficient (Wildman–Crippen LogP) is 2.26. The van der Waals surface area contributed by atoms with E-state index in [1.807, 2.05) is 23.9 Å². The van der Waals surface area contributed by atoms with Crippen molar-refractivity contribution in [3.63, 3.8) is 0 Å². The Balaban J connectivity index is 1.63. The van der Waals surface area contributed by atoms with Gasteiger partial charge in [0.1, 0.15) is 5.76 Å².